The molecule has 0 atom stereocenters. The molecule has 0 bridgehead atoms. The number of aromatic nitrogens is 1. The highest BCUT2D eigenvalue weighted by Crippen LogP contribution is 1.95. The third kappa shape index (κ3) is 5.13. The van der Waals surface area contributed by atoms with E-state index in [1.807, 2.05) is 25.1 Å². The van der Waals surface area contributed by atoms with Crippen LogP contribution in [0.25, 0.3) is 5.43 Å². The molecule has 0 aliphatic heterocycles. The van der Waals surface area contributed by atoms with Gasteiger partial charge in [0.15, 0.2) is 0 Å². The number of pyridine rings is 1. The summed E-state index contributed by atoms with van der Waals surface area (Å²) in [5.41, 5.74) is 11.9. The molecular formula is C8H16N5-. The summed E-state index contributed by atoms with van der Waals surface area (Å²) in [6, 6.07) is 5.60. The van der Waals surface area contributed by atoms with Gasteiger partial charge in [0, 0.05) is 6.20 Å². The van der Waals surface area contributed by atoms with Crippen LogP contribution in [-0.2, 0) is 0 Å². The maximum Gasteiger partial charge on any atom is 0.141 e. The Kier molecular flexibility index (Phi) is 6.80. The molecule has 1 rings (SSSR count). The lowest BCUT2D eigenvalue weighted by Gasteiger charge is -2.19. The molecule has 5 nitrogen and oxygen atoms in total. The van der Waals surface area contributed by atoms with E-state index < -0.39 is 0 Å². The van der Waals surface area contributed by atoms with Crippen molar-refractivity contribution in [2.45, 2.75) is 14.4 Å². The zero-order valence-corrected chi connectivity index (χ0v) is 6.91. The lowest BCUT2D eigenvalue weighted by molar-refractivity contribution is 0.671. The minimum absolute atomic E-state index is 0. The molecule has 0 spiro atoms. The minimum atomic E-state index is 0. The van der Waals surface area contributed by atoms with Crippen LogP contribution in [0.15, 0.2) is 24.4 Å². The Hall–Kier alpha value is -1.17. The highest BCUT2D eigenvalue weighted by Gasteiger charge is 1.84. The summed E-state index contributed by atoms with van der Waals surface area (Å²) in [6.07, 6.45) is 1.71. The molecule has 1 aromatic heterocycles. The van der Waals surface area contributed by atoms with Crippen molar-refractivity contribution in [3.63, 3.8) is 0 Å². The van der Waals surface area contributed by atoms with Crippen molar-refractivity contribution in [2.75, 3.05) is 12.0 Å². The highest BCUT2D eigenvalue weighted by atomic mass is 15.7. The molecule has 0 amide bonds. The van der Waals surface area contributed by atoms with E-state index in [1.54, 1.807) is 6.20 Å². The first kappa shape index (κ1) is 11.8. The summed E-state index contributed by atoms with van der Waals surface area (Å²) in [6.45, 7) is 2.66. The number of hydrazine groups is 2. The quantitative estimate of drug-likeness (QED) is 0.476. The van der Waals surface area contributed by atoms with Gasteiger partial charge >= 0.3 is 0 Å². The molecule has 0 saturated heterocycles. The van der Waals surface area contributed by atoms with Crippen LogP contribution >= 0.6 is 0 Å². The highest BCUT2D eigenvalue weighted by molar-refractivity contribution is 5.31. The molecule has 3 N–H and O–H groups in total. The second-order valence-electron chi connectivity index (χ2n) is 2.05. The summed E-state index contributed by atoms with van der Waals surface area (Å²) in [5, 5.41) is 0. The summed E-state index contributed by atoms with van der Waals surface area (Å²) < 4.78 is 0. The van der Waals surface area contributed by atoms with Crippen molar-refractivity contribution < 1.29 is 0 Å². The predicted octanol–water partition coefficient (Wildman–Crippen LogP) is 1.45. The summed E-state index contributed by atoms with van der Waals surface area (Å²) in [7, 11) is 0. The van der Waals surface area contributed by atoms with Crippen LogP contribution in [0.3, 0.4) is 0 Å². The number of nitrogens with one attached hydrogen (secondary N) is 3. The van der Waals surface area contributed by atoms with Crippen molar-refractivity contribution in [1.29, 1.82) is 0 Å². The van der Waals surface area contributed by atoms with Crippen molar-refractivity contribution in [1.82, 2.24) is 16.1 Å². The van der Waals surface area contributed by atoms with E-state index in [4.69, 9.17) is 0 Å². The molecular weight excluding hydrogens is 166 g/mol. The van der Waals surface area contributed by atoms with Crippen LogP contribution in [0.4, 0.5) is 5.82 Å². The fourth-order valence-electron chi connectivity index (χ4n) is 0.647. The third-order valence-electron chi connectivity index (χ3n) is 1.15. The maximum atomic E-state index is 4.02. The van der Waals surface area contributed by atoms with E-state index in [2.05, 4.69) is 26.9 Å². The molecule has 0 aromatic carbocycles. The molecule has 0 radical (unpaired) electrons. The van der Waals surface area contributed by atoms with Gasteiger partial charge in [-0.3, -0.25) is 5.43 Å². The van der Waals surface area contributed by atoms with Gasteiger partial charge in [-0.15, -0.1) is 6.54 Å². The van der Waals surface area contributed by atoms with Crippen LogP contribution in [0, 0.1) is 0 Å². The standard InChI is InChI=1S/C7H12N5.CH4/c1-2-9-11-12-10-7-5-3-4-6-8-7;/h3-6,11-12H,2H2,1H3,(H,8,10);1H4/q-1;. The van der Waals surface area contributed by atoms with Gasteiger partial charge in [-0.1, -0.05) is 20.4 Å². The smallest absolute Gasteiger partial charge is 0.141 e. The first-order valence-electron chi connectivity index (χ1n) is 3.77. The molecule has 0 saturated carbocycles. The van der Waals surface area contributed by atoms with E-state index in [1.165, 1.54) is 0 Å². The van der Waals surface area contributed by atoms with Gasteiger partial charge < -0.3 is 11.0 Å². The van der Waals surface area contributed by atoms with Crippen LogP contribution in [0.2, 0.25) is 0 Å². The molecule has 0 fully saturated rings. The van der Waals surface area contributed by atoms with Gasteiger partial charge in [-0.25, -0.2) is 4.98 Å². The Morgan fingerprint density at radius 3 is 2.92 bits per heavy atom. The topological polar surface area (TPSA) is 63.1 Å². The van der Waals surface area contributed by atoms with Crippen molar-refractivity contribution in [3.8, 4) is 0 Å². The minimum Gasteiger partial charge on any atom is -0.581 e. The normalized spacial score (nSPS) is 9.00. The Labute approximate surface area is 78.9 Å². The second kappa shape index (κ2) is 7.48. The SMILES string of the molecule is C.CC[N-]NNNc1ccccn1. The molecule has 0 unspecified atom stereocenters. The third-order valence-corrected chi connectivity index (χ3v) is 1.15. The van der Waals surface area contributed by atoms with Gasteiger partial charge in [0.1, 0.15) is 5.82 Å². The average molecular weight is 182 g/mol. The number of rotatable bonds is 5. The van der Waals surface area contributed by atoms with Gasteiger partial charge in [0.25, 0.3) is 0 Å². The van der Waals surface area contributed by atoms with Crippen LogP contribution in [0.1, 0.15) is 14.4 Å². The molecule has 0 aliphatic rings. The van der Waals surface area contributed by atoms with E-state index in [9.17, 15) is 0 Å². The van der Waals surface area contributed by atoms with E-state index >= 15 is 0 Å². The maximum absolute atomic E-state index is 4.02. The second-order valence-corrected chi connectivity index (χ2v) is 2.05. The fourth-order valence-corrected chi connectivity index (χ4v) is 0.647. The Morgan fingerprint density at radius 1 is 1.46 bits per heavy atom. The van der Waals surface area contributed by atoms with Crippen molar-refractivity contribution in [3.05, 3.63) is 29.8 Å². The van der Waals surface area contributed by atoms with Crippen molar-refractivity contribution >= 4 is 5.82 Å². The lowest BCUT2D eigenvalue weighted by Crippen LogP contribution is -2.33. The lowest BCUT2D eigenvalue weighted by atomic mass is 10.5. The number of hydrogen-bond donors (Lipinski definition) is 3. The first-order chi connectivity index (χ1) is 5.93. The molecule has 0 aliphatic carbocycles. The molecule has 1 aromatic rings. The first-order valence-corrected chi connectivity index (χ1v) is 3.77. The van der Waals surface area contributed by atoms with Crippen LogP contribution in [0.5, 0.6) is 0 Å². The summed E-state index contributed by atoms with van der Waals surface area (Å²) in [5.74, 6) is 0.747. The van der Waals surface area contributed by atoms with Crippen LogP contribution in [-0.4, -0.2) is 11.5 Å². The molecule has 1 heterocycles. The zero-order chi connectivity index (χ0) is 8.65. The Balaban J connectivity index is 0.00000144. The Bertz CT molecular complexity index is 201. The number of nitrogens with zero attached hydrogens (tertiary/aromatic N) is 2. The average Bonchev–Trinajstić information content (AvgIpc) is 2.14. The van der Waals surface area contributed by atoms with E-state index in [0.29, 0.717) is 0 Å². The summed E-state index contributed by atoms with van der Waals surface area (Å²) >= 11 is 0. The molecule has 5 heteroatoms. The molecule has 13 heavy (non-hydrogen) atoms. The Morgan fingerprint density at radius 2 is 2.31 bits per heavy atom. The van der Waals surface area contributed by atoms with Gasteiger partial charge in [-0.05, 0) is 12.1 Å². The number of hydrogen-bond acceptors (Lipinski definition) is 4. The van der Waals surface area contributed by atoms with Gasteiger partial charge in [-0.2, -0.15) is 5.53 Å². The summed E-state index contributed by atoms with van der Waals surface area (Å²) in [4.78, 5) is 4.02. The van der Waals surface area contributed by atoms with Crippen molar-refractivity contribution in [2.24, 2.45) is 0 Å². The van der Waals surface area contributed by atoms with Crippen LogP contribution < -0.4 is 16.5 Å². The van der Waals surface area contributed by atoms with Gasteiger partial charge in [0.2, 0.25) is 0 Å². The zero-order valence-electron chi connectivity index (χ0n) is 6.91. The molecule has 74 valence electrons. The van der Waals surface area contributed by atoms with E-state index in [-0.39, 0.29) is 7.43 Å². The largest absolute Gasteiger partial charge is 0.581 e. The predicted molar refractivity (Wildman–Crippen MR) is 54.8 cm³/mol. The number of anilines is 1. The fraction of sp³-hybridized carbons (Fsp3) is 0.375. The van der Waals surface area contributed by atoms with E-state index in [0.717, 1.165) is 12.4 Å². The monoisotopic (exact) mass is 182 g/mol. The van der Waals surface area contributed by atoms with Gasteiger partial charge in [0.05, 0.1) is 0 Å².